The maximum atomic E-state index is 12.5. The summed E-state index contributed by atoms with van der Waals surface area (Å²) in [7, 11) is 0. The van der Waals surface area contributed by atoms with Crippen LogP contribution in [-0.2, 0) is 4.79 Å². The molecule has 0 fully saturated rings. The van der Waals surface area contributed by atoms with Crippen molar-refractivity contribution < 1.29 is 9.18 Å². The van der Waals surface area contributed by atoms with Crippen LogP contribution in [0.1, 0.15) is 12.1 Å². The summed E-state index contributed by atoms with van der Waals surface area (Å²) in [5, 5.41) is 3.75. The van der Waals surface area contributed by atoms with E-state index >= 15 is 0 Å². The third-order valence-electron chi connectivity index (χ3n) is 1.67. The highest BCUT2D eigenvalue weighted by atomic mass is 19.1. The standard InChI is InChI=1S/C8H6FN3O/c9-5-1-2-6(10-4-5)7-3-8(13)12-11-7/h1-2,4H,3H2,(H,12,13). The van der Waals surface area contributed by atoms with Crippen molar-refractivity contribution in [3.8, 4) is 0 Å². The summed E-state index contributed by atoms with van der Waals surface area (Å²) < 4.78 is 12.5. The Kier molecular flexibility index (Phi) is 1.77. The third kappa shape index (κ3) is 1.53. The predicted octanol–water partition coefficient (Wildman–Crippen LogP) is 0.445. The van der Waals surface area contributed by atoms with Gasteiger partial charge in [-0.15, -0.1) is 0 Å². The van der Waals surface area contributed by atoms with Crippen molar-refractivity contribution in [2.24, 2.45) is 5.10 Å². The topological polar surface area (TPSA) is 54.4 Å². The van der Waals surface area contributed by atoms with Crippen LogP contribution in [0.2, 0.25) is 0 Å². The minimum atomic E-state index is -0.401. The van der Waals surface area contributed by atoms with Gasteiger partial charge in [0.1, 0.15) is 5.82 Å². The van der Waals surface area contributed by atoms with E-state index in [0.717, 1.165) is 6.20 Å². The first-order valence-corrected chi connectivity index (χ1v) is 3.73. The summed E-state index contributed by atoms with van der Waals surface area (Å²) in [5.41, 5.74) is 3.37. The molecule has 1 amide bonds. The first-order chi connectivity index (χ1) is 6.25. The molecule has 2 heterocycles. The first kappa shape index (κ1) is 7.85. The van der Waals surface area contributed by atoms with E-state index in [0.29, 0.717) is 11.4 Å². The van der Waals surface area contributed by atoms with Crippen LogP contribution in [0.5, 0.6) is 0 Å². The highest BCUT2D eigenvalue weighted by Crippen LogP contribution is 2.06. The highest BCUT2D eigenvalue weighted by molar-refractivity contribution is 6.12. The molecule has 0 saturated carbocycles. The fourth-order valence-corrected chi connectivity index (χ4v) is 1.06. The Labute approximate surface area is 73.5 Å². The second-order valence-corrected chi connectivity index (χ2v) is 2.63. The van der Waals surface area contributed by atoms with Gasteiger partial charge in [0.05, 0.1) is 24.0 Å². The average Bonchev–Trinajstić information content (AvgIpc) is 2.53. The largest absolute Gasteiger partial charge is 0.273 e. The molecular formula is C8H6FN3O. The average molecular weight is 179 g/mol. The minimum Gasteiger partial charge on any atom is -0.273 e. The molecule has 66 valence electrons. The summed E-state index contributed by atoms with van der Waals surface area (Å²) in [6, 6.07) is 2.78. The number of carbonyl (C=O) groups excluding carboxylic acids is 1. The van der Waals surface area contributed by atoms with Gasteiger partial charge in [0.15, 0.2) is 0 Å². The van der Waals surface area contributed by atoms with Gasteiger partial charge in [-0.3, -0.25) is 9.78 Å². The van der Waals surface area contributed by atoms with Gasteiger partial charge < -0.3 is 0 Å². The Morgan fingerprint density at radius 1 is 1.46 bits per heavy atom. The lowest BCUT2D eigenvalue weighted by molar-refractivity contribution is -0.119. The Hall–Kier alpha value is -1.78. The molecular weight excluding hydrogens is 173 g/mol. The van der Waals surface area contributed by atoms with Crippen molar-refractivity contribution in [1.82, 2.24) is 10.4 Å². The monoisotopic (exact) mass is 179 g/mol. The molecule has 1 aliphatic heterocycles. The van der Waals surface area contributed by atoms with Crippen LogP contribution in [0.4, 0.5) is 4.39 Å². The van der Waals surface area contributed by atoms with Crippen LogP contribution in [0.15, 0.2) is 23.4 Å². The molecule has 0 saturated heterocycles. The zero-order valence-corrected chi connectivity index (χ0v) is 6.62. The number of halogens is 1. The molecule has 0 aromatic carbocycles. The SMILES string of the molecule is O=C1CC(c2ccc(F)cn2)=NN1. The van der Waals surface area contributed by atoms with Crippen molar-refractivity contribution >= 4 is 11.6 Å². The fraction of sp³-hybridized carbons (Fsp3) is 0.125. The lowest BCUT2D eigenvalue weighted by Gasteiger charge is -1.95. The number of carbonyl (C=O) groups is 1. The zero-order valence-electron chi connectivity index (χ0n) is 6.62. The summed E-state index contributed by atoms with van der Waals surface area (Å²) in [5.74, 6) is -0.567. The lowest BCUT2D eigenvalue weighted by atomic mass is 10.2. The Balaban J connectivity index is 2.27. The molecule has 1 N–H and O–H groups in total. The smallest absolute Gasteiger partial charge is 0.246 e. The van der Waals surface area contributed by atoms with E-state index in [9.17, 15) is 9.18 Å². The van der Waals surface area contributed by atoms with Crippen molar-refractivity contribution in [1.29, 1.82) is 0 Å². The molecule has 5 heteroatoms. The molecule has 0 aliphatic carbocycles. The molecule has 1 aliphatic rings. The number of nitrogens with zero attached hydrogens (tertiary/aromatic N) is 2. The minimum absolute atomic E-state index is 0.166. The molecule has 0 unspecified atom stereocenters. The van der Waals surface area contributed by atoms with Crippen molar-refractivity contribution in [2.45, 2.75) is 6.42 Å². The number of amides is 1. The van der Waals surface area contributed by atoms with E-state index in [4.69, 9.17) is 0 Å². The number of nitrogens with one attached hydrogen (secondary N) is 1. The van der Waals surface area contributed by atoms with Gasteiger partial charge in [-0.25, -0.2) is 9.82 Å². The number of hydrogen-bond donors (Lipinski definition) is 1. The normalized spacial score (nSPS) is 15.5. The van der Waals surface area contributed by atoms with Crippen LogP contribution in [0.25, 0.3) is 0 Å². The van der Waals surface area contributed by atoms with Gasteiger partial charge in [-0.2, -0.15) is 5.10 Å². The van der Waals surface area contributed by atoms with E-state index in [1.807, 2.05) is 0 Å². The molecule has 0 radical (unpaired) electrons. The lowest BCUT2D eigenvalue weighted by Crippen LogP contribution is -2.09. The molecule has 13 heavy (non-hydrogen) atoms. The van der Waals surface area contributed by atoms with Crippen LogP contribution >= 0.6 is 0 Å². The van der Waals surface area contributed by atoms with Gasteiger partial charge in [0.25, 0.3) is 0 Å². The van der Waals surface area contributed by atoms with Crippen molar-refractivity contribution in [3.05, 3.63) is 29.8 Å². The Morgan fingerprint density at radius 3 is 2.85 bits per heavy atom. The summed E-state index contributed by atoms with van der Waals surface area (Å²) in [4.78, 5) is 14.6. The van der Waals surface area contributed by atoms with Crippen LogP contribution in [-0.4, -0.2) is 16.6 Å². The van der Waals surface area contributed by atoms with Crippen LogP contribution in [0, 0.1) is 5.82 Å². The van der Waals surface area contributed by atoms with E-state index in [2.05, 4.69) is 15.5 Å². The van der Waals surface area contributed by atoms with Crippen molar-refractivity contribution in [3.63, 3.8) is 0 Å². The third-order valence-corrected chi connectivity index (χ3v) is 1.67. The van der Waals surface area contributed by atoms with Gasteiger partial charge in [0.2, 0.25) is 5.91 Å². The molecule has 1 aromatic heterocycles. The summed E-state index contributed by atoms with van der Waals surface area (Å²) >= 11 is 0. The molecule has 0 spiro atoms. The number of pyridine rings is 1. The maximum Gasteiger partial charge on any atom is 0.246 e. The molecule has 0 bridgehead atoms. The predicted molar refractivity (Wildman–Crippen MR) is 43.5 cm³/mol. The molecule has 4 nitrogen and oxygen atoms in total. The van der Waals surface area contributed by atoms with E-state index in [-0.39, 0.29) is 12.3 Å². The second kappa shape index (κ2) is 2.93. The number of hydrazone groups is 1. The molecule has 1 aromatic rings. The van der Waals surface area contributed by atoms with Gasteiger partial charge in [0, 0.05) is 0 Å². The zero-order chi connectivity index (χ0) is 9.26. The number of hydrogen-bond acceptors (Lipinski definition) is 3. The number of aromatic nitrogens is 1. The van der Waals surface area contributed by atoms with E-state index in [1.54, 1.807) is 0 Å². The van der Waals surface area contributed by atoms with Crippen LogP contribution in [0.3, 0.4) is 0 Å². The van der Waals surface area contributed by atoms with Gasteiger partial charge >= 0.3 is 0 Å². The highest BCUT2D eigenvalue weighted by Gasteiger charge is 2.16. The Bertz CT molecular complexity index is 371. The first-order valence-electron chi connectivity index (χ1n) is 3.73. The second-order valence-electron chi connectivity index (χ2n) is 2.63. The number of rotatable bonds is 1. The Morgan fingerprint density at radius 2 is 2.31 bits per heavy atom. The quantitative estimate of drug-likeness (QED) is 0.680. The summed E-state index contributed by atoms with van der Waals surface area (Å²) in [6.07, 6.45) is 1.30. The maximum absolute atomic E-state index is 12.5. The molecule has 0 atom stereocenters. The van der Waals surface area contributed by atoms with E-state index in [1.165, 1.54) is 12.1 Å². The van der Waals surface area contributed by atoms with Crippen LogP contribution < -0.4 is 5.43 Å². The fourth-order valence-electron chi connectivity index (χ4n) is 1.06. The van der Waals surface area contributed by atoms with E-state index < -0.39 is 5.82 Å². The summed E-state index contributed by atoms with van der Waals surface area (Å²) in [6.45, 7) is 0. The van der Waals surface area contributed by atoms with Gasteiger partial charge in [-0.05, 0) is 12.1 Å². The van der Waals surface area contributed by atoms with Gasteiger partial charge in [-0.1, -0.05) is 0 Å². The molecule has 2 rings (SSSR count). The van der Waals surface area contributed by atoms with Crippen molar-refractivity contribution in [2.75, 3.05) is 0 Å².